The number of aromatic amines is 1. The number of sulfonamides is 1. The number of ether oxygens (including phenoxy) is 3. The predicted molar refractivity (Wildman–Crippen MR) is 169 cm³/mol. The first-order chi connectivity index (χ1) is 22.2. The normalized spacial score (nSPS) is 11.4. The Morgan fingerprint density at radius 1 is 0.913 bits per heavy atom. The zero-order chi connectivity index (χ0) is 32.4. The number of oxazole rings is 1. The first-order valence-corrected chi connectivity index (χ1v) is 15.4. The Hall–Kier alpha value is -5.40. The van der Waals surface area contributed by atoms with Crippen LogP contribution in [-0.4, -0.2) is 37.6 Å². The molecule has 11 nitrogen and oxygen atoms in total. The number of hydrogen-bond acceptors (Lipinski definition) is 9. The molecule has 2 heterocycles. The van der Waals surface area contributed by atoms with Gasteiger partial charge in [0.2, 0.25) is 5.95 Å². The van der Waals surface area contributed by atoms with Gasteiger partial charge in [-0.25, -0.2) is 31.9 Å². The standard InChI is InChI=1S/C32H24ClFN4O7S/c1-42-22-7-4-20(30(16-22)43-2)18-38(31-35-12-3-13-36-31)46(40,41)23-8-11-28(25(34)17-23)44-27-10-6-21(33)15-24(27)19-5-9-29-26(14-19)37-32(39)45-29/h3-17H,18H2,1-2H3,(H,37,39). The maximum atomic E-state index is 15.6. The quantitative estimate of drug-likeness (QED) is 0.173. The molecule has 0 aliphatic heterocycles. The van der Waals surface area contributed by atoms with Crippen molar-refractivity contribution in [2.24, 2.45) is 0 Å². The molecule has 4 aromatic carbocycles. The van der Waals surface area contributed by atoms with Crippen LogP contribution in [0.3, 0.4) is 0 Å². The third-order valence-electron chi connectivity index (χ3n) is 6.97. The third kappa shape index (κ3) is 6.10. The zero-order valence-corrected chi connectivity index (χ0v) is 25.8. The number of halogens is 2. The van der Waals surface area contributed by atoms with Gasteiger partial charge in [0, 0.05) is 34.6 Å². The highest BCUT2D eigenvalue weighted by molar-refractivity contribution is 7.92. The average molecular weight is 663 g/mol. The van der Waals surface area contributed by atoms with Crippen molar-refractivity contribution in [1.29, 1.82) is 0 Å². The van der Waals surface area contributed by atoms with Gasteiger partial charge in [-0.3, -0.25) is 4.98 Å². The van der Waals surface area contributed by atoms with Gasteiger partial charge in [0.25, 0.3) is 10.0 Å². The summed E-state index contributed by atoms with van der Waals surface area (Å²) in [5, 5.41) is 0.391. The first kappa shape index (κ1) is 30.6. The van der Waals surface area contributed by atoms with Crippen molar-refractivity contribution in [3.63, 3.8) is 0 Å². The van der Waals surface area contributed by atoms with E-state index in [1.165, 1.54) is 38.7 Å². The second kappa shape index (κ2) is 12.5. The van der Waals surface area contributed by atoms with E-state index >= 15 is 4.39 Å². The Bertz CT molecular complexity index is 2230. The summed E-state index contributed by atoms with van der Waals surface area (Å²) in [5.74, 6) is -0.774. The topological polar surface area (TPSA) is 137 Å². The van der Waals surface area contributed by atoms with Crippen LogP contribution in [0.5, 0.6) is 23.0 Å². The van der Waals surface area contributed by atoms with E-state index in [-0.39, 0.29) is 28.9 Å². The second-order valence-electron chi connectivity index (χ2n) is 9.80. The fraction of sp³-hybridized carbons (Fsp3) is 0.0938. The molecule has 0 unspecified atom stereocenters. The van der Waals surface area contributed by atoms with E-state index in [0.29, 0.717) is 44.3 Å². The number of nitrogens with one attached hydrogen (secondary N) is 1. The van der Waals surface area contributed by atoms with Crippen LogP contribution >= 0.6 is 11.6 Å². The number of aromatic nitrogens is 3. The molecule has 0 bridgehead atoms. The molecular weight excluding hydrogens is 639 g/mol. The smallest absolute Gasteiger partial charge is 0.417 e. The van der Waals surface area contributed by atoms with Crippen LogP contribution < -0.4 is 24.3 Å². The monoisotopic (exact) mass is 662 g/mol. The van der Waals surface area contributed by atoms with Gasteiger partial charge < -0.3 is 18.6 Å². The summed E-state index contributed by atoms with van der Waals surface area (Å²) in [7, 11) is -1.46. The highest BCUT2D eigenvalue weighted by Crippen LogP contribution is 2.38. The molecule has 1 N–H and O–H groups in total. The minimum atomic E-state index is -4.41. The van der Waals surface area contributed by atoms with Gasteiger partial charge in [-0.15, -0.1) is 0 Å². The van der Waals surface area contributed by atoms with E-state index in [1.807, 2.05) is 0 Å². The number of nitrogens with zero attached hydrogens (tertiary/aromatic N) is 3. The van der Waals surface area contributed by atoms with Crippen LogP contribution in [0.4, 0.5) is 10.3 Å². The second-order valence-corrected chi connectivity index (χ2v) is 12.1. The maximum absolute atomic E-state index is 15.6. The average Bonchev–Trinajstić information content (AvgIpc) is 3.44. The Labute approximate surface area is 266 Å². The summed E-state index contributed by atoms with van der Waals surface area (Å²) in [5.41, 5.74) is 2.41. The van der Waals surface area contributed by atoms with Crippen molar-refractivity contribution < 1.29 is 31.4 Å². The van der Waals surface area contributed by atoms with E-state index in [0.717, 1.165) is 10.4 Å². The highest BCUT2D eigenvalue weighted by atomic mass is 35.5. The Morgan fingerprint density at radius 3 is 2.43 bits per heavy atom. The minimum absolute atomic E-state index is 0.122. The molecule has 14 heteroatoms. The number of methoxy groups -OCH3 is 2. The molecule has 0 fully saturated rings. The lowest BCUT2D eigenvalue weighted by Crippen LogP contribution is -2.32. The van der Waals surface area contributed by atoms with E-state index < -0.39 is 21.6 Å². The van der Waals surface area contributed by atoms with Crippen LogP contribution in [0.25, 0.3) is 22.2 Å². The molecule has 0 saturated carbocycles. The van der Waals surface area contributed by atoms with Gasteiger partial charge >= 0.3 is 5.76 Å². The Balaban J connectivity index is 1.34. The van der Waals surface area contributed by atoms with Crippen molar-refractivity contribution >= 4 is 38.7 Å². The number of benzene rings is 4. The van der Waals surface area contributed by atoms with Gasteiger partial charge in [-0.1, -0.05) is 17.7 Å². The van der Waals surface area contributed by atoms with E-state index in [4.69, 9.17) is 30.2 Å². The van der Waals surface area contributed by atoms with Crippen molar-refractivity contribution in [3.05, 3.63) is 118 Å². The van der Waals surface area contributed by atoms with Gasteiger partial charge in [0.15, 0.2) is 17.1 Å². The van der Waals surface area contributed by atoms with Crippen LogP contribution in [0.1, 0.15) is 5.56 Å². The van der Waals surface area contributed by atoms with Gasteiger partial charge in [-0.2, -0.15) is 0 Å². The summed E-state index contributed by atoms with van der Waals surface area (Å²) in [6, 6.07) is 19.5. The van der Waals surface area contributed by atoms with Gasteiger partial charge in [-0.05, 0) is 72.3 Å². The number of hydrogen-bond donors (Lipinski definition) is 1. The fourth-order valence-corrected chi connectivity index (χ4v) is 6.26. The third-order valence-corrected chi connectivity index (χ3v) is 8.92. The molecule has 0 aliphatic carbocycles. The van der Waals surface area contributed by atoms with Crippen molar-refractivity contribution in [3.8, 4) is 34.1 Å². The molecule has 2 aromatic heterocycles. The summed E-state index contributed by atoms with van der Waals surface area (Å²) in [4.78, 5) is 22.1. The van der Waals surface area contributed by atoms with Crippen LogP contribution in [0.15, 0.2) is 105 Å². The molecule has 6 rings (SSSR count). The molecular formula is C32H24ClFN4O7S. The number of H-pyrrole nitrogens is 1. The number of rotatable bonds is 10. The molecule has 0 atom stereocenters. The lowest BCUT2D eigenvalue weighted by molar-refractivity contribution is 0.391. The SMILES string of the molecule is COc1ccc(CN(c2ncccn2)S(=O)(=O)c2ccc(Oc3ccc(Cl)cc3-c3ccc4oc(=O)[nH]c4c3)c(F)c2)c(OC)c1. The van der Waals surface area contributed by atoms with Crippen LogP contribution in [0.2, 0.25) is 5.02 Å². The van der Waals surface area contributed by atoms with Crippen LogP contribution in [0, 0.1) is 5.82 Å². The van der Waals surface area contributed by atoms with E-state index in [2.05, 4.69) is 15.0 Å². The lowest BCUT2D eigenvalue weighted by atomic mass is 10.0. The Morgan fingerprint density at radius 2 is 1.70 bits per heavy atom. The molecule has 0 saturated heterocycles. The predicted octanol–water partition coefficient (Wildman–Crippen LogP) is 6.58. The van der Waals surface area contributed by atoms with Crippen molar-refractivity contribution in [2.75, 3.05) is 18.5 Å². The lowest BCUT2D eigenvalue weighted by Gasteiger charge is -2.23. The van der Waals surface area contributed by atoms with Gasteiger partial charge in [0.05, 0.1) is 31.2 Å². The Kier molecular flexibility index (Phi) is 8.35. The summed E-state index contributed by atoms with van der Waals surface area (Å²) in [6.45, 7) is -0.222. The molecule has 6 aromatic rings. The van der Waals surface area contributed by atoms with E-state index in [1.54, 1.807) is 60.7 Å². The molecule has 234 valence electrons. The summed E-state index contributed by atoms with van der Waals surface area (Å²) >= 11 is 6.26. The molecule has 0 spiro atoms. The van der Waals surface area contributed by atoms with E-state index in [9.17, 15) is 13.2 Å². The fourth-order valence-electron chi connectivity index (χ4n) is 4.73. The molecule has 0 aliphatic rings. The van der Waals surface area contributed by atoms with Gasteiger partial charge in [0.1, 0.15) is 17.2 Å². The largest absolute Gasteiger partial charge is 0.497 e. The number of anilines is 1. The first-order valence-electron chi connectivity index (χ1n) is 13.6. The molecule has 0 radical (unpaired) electrons. The summed E-state index contributed by atoms with van der Waals surface area (Å²) < 4.78 is 66.3. The van der Waals surface area contributed by atoms with Crippen LogP contribution in [-0.2, 0) is 16.6 Å². The number of fused-ring (bicyclic) bond motifs is 1. The maximum Gasteiger partial charge on any atom is 0.417 e. The molecule has 46 heavy (non-hydrogen) atoms. The molecule has 0 amide bonds. The summed E-state index contributed by atoms with van der Waals surface area (Å²) in [6.07, 6.45) is 2.80. The zero-order valence-electron chi connectivity index (χ0n) is 24.2. The van der Waals surface area contributed by atoms with Crippen molar-refractivity contribution in [1.82, 2.24) is 15.0 Å². The minimum Gasteiger partial charge on any atom is -0.497 e. The van der Waals surface area contributed by atoms with Crippen molar-refractivity contribution in [2.45, 2.75) is 11.4 Å². The highest BCUT2D eigenvalue weighted by Gasteiger charge is 2.29.